The molecule has 0 aliphatic heterocycles. The Bertz CT molecular complexity index is 627. The van der Waals surface area contributed by atoms with Crippen molar-refractivity contribution in [3.05, 3.63) is 59.7 Å². The molecule has 0 radical (unpaired) electrons. The monoisotopic (exact) mass is 298 g/mol. The molecule has 0 aromatic heterocycles. The second kappa shape index (κ2) is 8.41. The second-order valence-electron chi connectivity index (χ2n) is 4.41. The number of methoxy groups -OCH3 is 1. The SMILES string of the molecule is COc1ccc(CSc2ccccc2)cc1C#CCCO. The molecule has 0 bridgehead atoms. The van der Waals surface area contributed by atoms with Crippen LogP contribution in [0.3, 0.4) is 0 Å². The minimum Gasteiger partial charge on any atom is -0.495 e. The van der Waals surface area contributed by atoms with Crippen molar-refractivity contribution in [1.82, 2.24) is 0 Å². The van der Waals surface area contributed by atoms with Crippen LogP contribution in [-0.4, -0.2) is 18.8 Å². The van der Waals surface area contributed by atoms with Gasteiger partial charge in [-0.3, -0.25) is 0 Å². The van der Waals surface area contributed by atoms with Crippen LogP contribution in [0.2, 0.25) is 0 Å². The molecule has 0 saturated carbocycles. The Morgan fingerprint density at radius 2 is 1.95 bits per heavy atom. The van der Waals surface area contributed by atoms with E-state index in [-0.39, 0.29) is 6.61 Å². The summed E-state index contributed by atoms with van der Waals surface area (Å²) in [5, 5.41) is 8.80. The van der Waals surface area contributed by atoms with Gasteiger partial charge in [-0.15, -0.1) is 11.8 Å². The Morgan fingerprint density at radius 3 is 2.67 bits per heavy atom. The largest absolute Gasteiger partial charge is 0.495 e. The number of benzene rings is 2. The molecular weight excluding hydrogens is 280 g/mol. The van der Waals surface area contributed by atoms with Crippen LogP contribution in [0, 0.1) is 11.8 Å². The van der Waals surface area contributed by atoms with Crippen LogP contribution in [0.4, 0.5) is 0 Å². The van der Waals surface area contributed by atoms with Gasteiger partial charge in [-0.25, -0.2) is 0 Å². The van der Waals surface area contributed by atoms with Gasteiger partial charge < -0.3 is 9.84 Å². The van der Waals surface area contributed by atoms with Crippen molar-refractivity contribution in [2.45, 2.75) is 17.1 Å². The van der Waals surface area contributed by atoms with Gasteiger partial charge in [0.15, 0.2) is 0 Å². The van der Waals surface area contributed by atoms with Gasteiger partial charge in [-0.05, 0) is 29.8 Å². The molecule has 0 saturated heterocycles. The normalized spacial score (nSPS) is 9.81. The number of rotatable bonds is 5. The fourth-order valence-corrected chi connectivity index (χ4v) is 2.70. The number of hydrogen-bond donors (Lipinski definition) is 1. The number of ether oxygens (including phenoxy) is 1. The van der Waals surface area contributed by atoms with Crippen LogP contribution in [0.25, 0.3) is 0 Å². The molecular formula is C18H18O2S. The molecule has 0 aliphatic rings. The smallest absolute Gasteiger partial charge is 0.134 e. The van der Waals surface area contributed by atoms with E-state index in [4.69, 9.17) is 9.84 Å². The van der Waals surface area contributed by atoms with Gasteiger partial charge in [-0.2, -0.15) is 0 Å². The standard InChI is InChI=1S/C18H18O2S/c1-20-18-11-10-15(13-16(18)7-5-6-12-19)14-21-17-8-3-2-4-9-17/h2-4,8-11,13,19H,6,12,14H2,1H3. The van der Waals surface area contributed by atoms with Crippen molar-refractivity contribution in [3.8, 4) is 17.6 Å². The first-order valence-corrected chi connectivity index (χ1v) is 7.76. The Hall–Kier alpha value is -1.89. The predicted molar refractivity (Wildman–Crippen MR) is 87.6 cm³/mol. The number of hydrogen-bond acceptors (Lipinski definition) is 3. The summed E-state index contributed by atoms with van der Waals surface area (Å²) in [4.78, 5) is 1.25. The maximum Gasteiger partial charge on any atom is 0.134 e. The zero-order valence-corrected chi connectivity index (χ0v) is 12.8. The Morgan fingerprint density at radius 1 is 1.14 bits per heavy atom. The Kier molecular flexibility index (Phi) is 6.21. The first kappa shape index (κ1) is 15.5. The van der Waals surface area contributed by atoms with Gasteiger partial charge in [0.25, 0.3) is 0 Å². The Labute approximate surface area is 130 Å². The van der Waals surface area contributed by atoms with Crippen LogP contribution in [0.15, 0.2) is 53.4 Å². The van der Waals surface area contributed by atoms with E-state index in [0.717, 1.165) is 17.1 Å². The van der Waals surface area contributed by atoms with Gasteiger partial charge in [0.1, 0.15) is 5.75 Å². The summed E-state index contributed by atoms with van der Waals surface area (Å²) in [6.45, 7) is 0.0822. The van der Waals surface area contributed by atoms with Crippen LogP contribution in [0.1, 0.15) is 17.5 Å². The molecule has 0 fully saturated rings. The lowest BCUT2D eigenvalue weighted by atomic mass is 10.1. The van der Waals surface area contributed by atoms with Crippen molar-refractivity contribution in [2.24, 2.45) is 0 Å². The average molecular weight is 298 g/mol. The van der Waals surface area contributed by atoms with Gasteiger partial charge >= 0.3 is 0 Å². The molecule has 2 rings (SSSR count). The number of aliphatic hydroxyl groups is 1. The summed E-state index contributed by atoms with van der Waals surface area (Å²) in [7, 11) is 1.64. The second-order valence-corrected chi connectivity index (χ2v) is 5.46. The minimum atomic E-state index is 0.0822. The molecule has 2 aromatic rings. The molecule has 2 aromatic carbocycles. The highest BCUT2D eigenvalue weighted by Crippen LogP contribution is 2.25. The highest BCUT2D eigenvalue weighted by molar-refractivity contribution is 7.98. The van der Waals surface area contributed by atoms with E-state index in [1.807, 2.05) is 24.3 Å². The van der Waals surface area contributed by atoms with Gasteiger partial charge in [-0.1, -0.05) is 36.1 Å². The van der Waals surface area contributed by atoms with E-state index in [1.54, 1.807) is 18.9 Å². The zero-order valence-electron chi connectivity index (χ0n) is 12.0. The highest BCUT2D eigenvalue weighted by Gasteiger charge is 2.03. The summed E-state index contributed by atoms with van der Waals surface area (Å²) in [5.74, 6) is 7.66. The average Bonchev–Trinajstić information content (AvgIpc) is 2.54. The molecule has 0 heterocycles. The van der Waals surface area contributed by atoms with Gasteiger partial charge in [0.2, 0.25) is 0 Å². The summed E-state index contributed by atoms with van der Waals surface area (Å²) < 4.78 is 5.32. The van der Waals surface area contributed by atoms with Crippen LogP contribution >= 0.6 is 11.8 Å². The lowest BCUT2D eigenvalue weighted by molar-refractivity contribution is 0.305. The third-order valence-electron chi connectivity index (χ3n) is 2.87. The summed E-state index contributed by atoms with van der Waals surface area (Å²) in [6, 6.07) is 16.4. The first-order chi connectivity index (χ1) is 10.3. The van der Waals surface area contributed by atoms with E-state index in [1.165, 1.54) is 10.5 Å². The first-order valence-electron chi connectivity index (χ1n) is 6.78. The molecule has 0 aliphatic carbocycles. The number of aliphatic hydroxyl groups excluding tert-OH is 1. The lowest BCUT2D eigenvalue weighted by Gasteiger charge is -2.07. The summed E-state index contributed by atoms with van der Waals surface area (Å²) in [6.07, 6.45) is 0.478. The summed E-state index contributed by atoms with van der Waals surface area (Å²) >= 11 is 1.80. The topological polar surface area (TPSA) is 29.5 Å². The van der Waals surface area contributed by atoms with Crippen molar-refractivity contribution in [2.75, 3.05) is 13.7 Å². The quantitative estimate of drug-likeness (QED) is 0.674. The summed E-state index contributed by atoms with van der Waals surface area (Å²) in [5.41, 5.74) is 2.08. The van der Waals surface area contributed by atoms with Gasteiger partial charge in [0, 0.05) is 17.1 Å². The van der Waals surface area contributed by atoms with Crippen molar-refractivity contribution in [1.29, 1.82) is 0 Å². The zero-order chi connectivity index (χ0) is 14.9. The van der Waals surface area contributed by atoms with E-state index in [0.29, 0.717) is 6.42 Å². The molecule has 0 amide bonds. The van der Waals surface area contributed by atoms with Gasteiger partial charge in [0.05, 0.1) is 19.3 Å². The minimum absolute atomic E-state index is 0.0822. The van der Waals surface area contributed by atoms with E-state index in [2.05, 4.69) is 36.1 Å². The molecule has 0 spiro atoms. The van der Waals surface area contributed by atoms with Crippen LogP contribution in [-0.2, 0) is 5.75 Å². The maximum absolute atomic E-state index is 8.80. The predicted octanol–water partition coefficient (Wildman–Crippen LogP) is 3.72. The third kappa shape index (κ3) is 4.86. The molecule has 0 unspecified atom stereocenters. The molecule has 21 heavy (non-hydrogen) atoms. The molecule has 3 heteroatoms. The Balaban J connectivity index is 2.10. The molecule has 108 valence electrons. The molecule has 2 nitrogen and oxygen atoms in total. The van der Waals surface area contributed by atoms with Crippen molar-refractivity contribution < 1.29 is 9.84 Å². The lowest BCUT2D eigenvalue weighted by Crippen LogP contribution is -1.90. The van der Waals surface area contributed by atoms with E-state index < -0.39 is 0 Å². The fourth-order valence-electron chi connectivity index (χ4n) is 1.84. The molecule has 1 N–H and O–H groups in total. The van der Waals surface area contributed by atoms with E-state index in [9.17, 15) is 0 Å². The third-order valence-corrected chi connectivity index (χ3v) is 3.96. The molecule has 0 atom stereocenters. The number of thioether (sulfide) groups is 1. The van der Waals surface area contributed by atoms with E-state index >= 15 is 0 Å². The highest BCUT2D eigenvalue weighted by atomic mass is 32.2. The van der Waals surface area contributed by atoms with Crippen LogP contribution < -0.4 is 4.74 Å². The van der Waals surface area contributed by atoms with Crippen LogP contribution in [0.5, 0.6) is 5.75 Å². The fraction of sp³-hybridized carbons (Fsp3) is 0.222. The van der Waals surface area contributed by atoms with Crippen molar-refractivity contribution in [3.63, 3.8) is 0 Å². The maximum atomic E-state index is 8.80. The van der Waals surface area contributed by atoms with Crippen molar-refractivity contribution >= 4 is 11.8 Å².